The highest BCUT2D eigenvalue weighted by atomic mass is 19.3. The van der Waals surface area contributed by atoms with Crippen LogP contribution in [0.2, 0.25) is 0 Å². The zero-order chi connectivity index (χ0) is 16.3. The zero-order valence-corrected chi connectivity index (χ0v) is 10.7. The van der Waals surface area contributed by atoms with Gasteiger partial charge in [-0.25, -0.2) is 0 Å². The first kappa shape index (κ1) is 15.1. The second-order valence-corrected chi connectivity index (χ2v) is 3.86. The molecule has 1 aromatic heterocycles. The van der Waals surface area contributed by atoms with Crippen LogP contribution < -0.4 is 16.2 Å². The number of alkyl halides is 2. The van der Waals surface area contributed by atoms with Gasteiger partial charge in [-0.2, -0.15) is 13.9 Å². The number of nitrogen functional groups attached to an aromatic ring is 2. The largest absolute Gasteiger partial charge is 0.432 e. The van der Waals surface area contributed by atoms with E-state index in [0.29, 0.717) is 0 Å². The van der Waals surface area contributed by atoms with Gasteiger partial charge in [-0.3, -0.25) is 15.2 Å². The van der Waals surface area contributed by atoms with E-state index in [1.807, 2.05) is 0 Å². The van der Waals surface area contributed by atoms with Gasteiger partial charge in [0, 0.05) is 12.1 Å². The number of anilines is 2. The molecule has 1 aromatic carbocycles. The Bertz CT molecular complexity index is 712. The molecular formula is C10H9F2N7O3. The third-order valence-electron chi connectivity index (χ3n) is 2.42. The quantitative estimate of drug-likeness (QED) is 0.437. The second kappa shape index (κ2) is 5.99. The molecule has 0 aliphatic heterocycles. The maximum absolute atomic E-state index is 12.3. The van der Waals surface area contributed by atoms with Gasteiger partial charge in [-0.15, -0.1) is 10.2 Å². The molecule has 0 bridgehead atoms. The first-order valence-electron chi connectivity index (χ1n) is 5.62. The van der Waals surface area contributed by atoms with Crippen molar-refractivity contribution in [3.8, 4) is 5.75 Å². The Kier molecular flexibility index (Phi) is 4.11. The molecule has 0 spiro atoms. The number of nitro benzene ring substituents is 1. The van der Waals surface area contributed by atoms with Gasteiger partial charge in [0.1, 0.15) is 11.5 Å². The van der Waals surface area contributed by atoms with Crippen LogP contribution in [0, 0.1) is 10.1 Å². The second-order valence-electron chi connectivity index (χ2n) is 3.86. The Hall–Kier alpha value is -3.31. The number of nitro groups is 1. The molecule has 0 saturated heterocycles. The van der Waals surface area contributed by atoms with E-state index in [2.05, 4.69) is 25.2 Å². The Labute approximate surface area is 120 Å². The smallest absolute Gasteiger partial charge is 0.387 e. The lowest BCUT2D eigenvalue weighted by atomic mass is 10.2. The first-order chi connectivity index (χ1) is 10.4. The number of azo groups is 1. The summed E-state index contributed by atoms with van der Waals surface area (Å²) < 4.78 is 28.9. The molecular weight excluding hydrogens is 304 g/mol. The molecule has 12 heteroatoms. The zero-order valence-electron chi connectivity index (χ0n) is 10.7. The Morgan fingerprint density at radius 3 is 2.64 bits per heavy atom. The molecule has 0 radical (unpaired) electrons. The summed E-state index contributed by atoms with van der Waals surface area (Å²) >= 11 is 0. The number of nitrogens with zero attached hydrogens (tertiary/aromatic N) is 4. The van der Waals surface area contributed by atoms with Crippen LogP contribution in [-0.2, 0) is 0 Å². The highest BCUT2D eigenvalue weighted by Crippen LogP contribution is 2.35. The normalized spacial score (nSPS) is 11.2. The molecule has 0 saturated carbocycles. The van der Waals surface area contributed by atoms with Crippen LogP contribution in [0.15, 0.2) is 28.4 Å². The molecule has 0 unspecified atom stereocenters. The van der Waals surface area contributed by atoms with Crippen molar-refractivity contribution in [2.75, 3.05) is 11.5 Å². The van der Waals surface area contributed by atoms with Gasteiger partial charge in [0.05, 0.1) is 4.92 Å². The summed E-state index contributed by atoms with van der Waals surface area (Å²) in [5, 5.41) is 23.9. The predicted octanol–water partition coefficient (Wildman–Crippen LogP) is 2.50. The minimum Gasteiger partial charge on any atom is -0.432 e. The van der Waals surface area contributed by atoms with E-state index >= 15 is 0 Å². The molecule has 0 aliphatic rings. The lowest BCUT2D eigenvalue weighted by Crippen LogP contribution is -2.02. The molecule has 10 nitrogen and oxygen atoms in total. The van der Waals surface area contributed by atoms with E-state index in [-0.39, 0.29) is 34.4 Å². The van der Waals surface area contributed by atoms with Crippen LogP contribution in [0.3, 0.4) is 0 Å². The Morgan fingerprint density at radius 1 is 1.36 bits per heavy atom. The number of rotatable bonds is 5. The van der Waals surface area contributed by atoms with E-state index in [1.165, 1.54) is 0 Å². The number of nitrogens with two attached hydrogens (primary N) is 2. The van der Waals surface area contributed by atoms with Gasteiger partial charge in [0.25, 0.3) is 5.69 Å². The van der Waals surface area contributed by atoms with Crippen molar-refractivity contribution in [1.82, 2.24) is 10.2 Å². The number of non-ortho nitro benzene ring substituents is 1. The third kappa shape index (κ3) is 3.23. The fourth-order valence-corrected chi connectivity index (χ4v) is 1.47. The van der Waals surface area contributed by atoms with Crippen molar-refractivity contribution >= 4 is 28.7 Å². The predicted molar refractivity (Wildman–Crippen MR) is 71.3 cm³/mol. The summed E-state index contributed by atoms with van der Waals surface area (Å²) in [5.74, 6) is -0.448. The van der Waals surface area contributed by atoms with Crippen LogP contribution in [0.5, 0.6) is 5.75 Å². The number of ether oxygens (including phenoxy) is 1. The lowest BCUT2D eigenvalue weighted by Gasteiger charge is -2.06. The molecule has 0 amide bonds. The van der Waals surface area contributed by atoms with Crippen molar-refractivity contribution in [1.29, 1.82) is 0 Å². The molecule has 5 N–H and O–H groups in total. The highest BCUT2D eigenvalue weighted by Gasteiger charge is 2.15. The monoisotopic (exact) mass is 313 g/mol. The Balaban J connectivity index is 2.42. The lowest BCUT2D eigenvalue weighted by molar-refractivity contribution is -0.384. The van der Waals surface area contributed by atoms with Crippen molar-refractivity contribution in [2.45, 2.75) is 6.61 Å². The number of H-pyrrole nitrogens is 1. The highest BCUT2D eigenvalue weighted by molar-refractivity contribution is 5.70. The molecule has 0 atom stereocenters. The number of hydrogen-bond donors (Lipinski definition) is 3. The van der Waals surface area contributed by atoms with Crippen molar-refractivity contribution in [3.63, 3.8) is 0 Å². The van der Waals surface area contributed by atoms with Gasteiger partial charge in [-0.05, 0) is 6.07 Å². The van der Waals surface area contributed by atoms with Gasteiger partial charge in [0.2, 0.25) is 0 Å². The first-order valence-corrected chi connectivity index (χ1v) is 5.62. The summed E-state index contributed by atoms with van der Waals surface area (Å²) in [6.07, 6.45) is 0. The molecule has 22 heavy (non-hydrogen) atoms. The summed E-state index contributed by atoms with van der Waals surface area (Å²) in [6, 6.07) is 2.91. The number of aromatic nitrogens is 2. The average Bonchev–Trinajstić information content (AvgIpc) is 2.76. The van der Waals surface area contributed by atoms with Crippen LogP contribution >= 0.6 is 0 Å². The molecule has 2 aromatic rings. The number of hydrogen-bond acceptors (Lipinski definition) is 8. The summed E-state index contributed by atoms with van der Waals surface area (Å²) in [4.78, 5) is 10.0. The molecule has 116 valence electrons. The van der Waals surface area contributed by atoms with E-state index in [1.54, 1.807) is 0 Å². The number of nitrogens with one attached hydrogen (secondary N) is 1. The van der Waals surface area contributed by atoms with Crippen molar-refractivity contribution < 1.29 is 18.4 Å². The minimum absolute atomic E-state index is 0.00279. The van der Waals surface area contributed by atoms with E-state index < -0.39 is 11.5 Å². The summed E-state index contributed by atoms with van der Waals surface area (Å²) in [6.45, 7) is -3.13. The van der Waals surface area contributed by atoms with Gasteiger partial charge < -0.3 is 16.2 Å². The Morgan fingerprint density at radius 2 is 2.09 bits per heavy atom. The van der Waals surface area contributed by atoms with Crippen LogP contribution in [0.1, 0.15) is 0 Å². The number of halogens is 2. The SMILES string of the molecule is Nc1n[nH]c(N)c1N=Nc1cc([N+](=O)[O-])ccc1OC(F)F. The van der Waals surface area contributed by atoms with Crippen LogP contribution in [0.25, 0.3) is 0 Å². The molecule has 0 aliphatic carbocycles. The standard InChI is InChI=1S/C10H9F2N7O3/c11-10(12)22-6-2-1-4(19(20)21)3-5(6)15-16-7-8(13)17-18-9(7)14/h1-3,10H,(H5,13,14,17,18). The van der Waals surface area contributed by atoms with Crippen LogP contribution in [0.4, 0.5) is 37.5 Å². The molecule has 0 fully saturated rings. The van der Waals surface area contributed by atoms with E-state index in [4.69, 9.17) is 11.5 Å². The minimum atomic E-state index is -3.13. The van der Waals surface area contributed by atoms with Gasteiger partial charge in [0.15, 0.2) is 17.3 Å². The van der Waals surface area contributed by atoms with Crippen LogP contribution in [-0.4, -0.2) is 21.7 Å². The van der Waals surface area contributed by atoms with E-state index in [0.717, 1.165) is 18.2 Å². The molecule has 2 rings (SSSR count). The van der Waals surface area contributed by atoms with Crippen molar-refractivity contribution in [2.24, 2.45) is 10.2 Å². The van der Waals surface area contributed by atoms with Crippen molar-refractivity contribution in [3.05, 3.63) is 28.3 Å². The summed E-state index contributed by atoms with van der Waals surface area (Å²) in [7, 11) is 0. The maximum Gasteiger partial charge on any atom is 0.387 e. The summed E-state index contributed by atoms with van der Waals surface area (Å²) in [5.41, 5.74) is 10.3. The van der Waals surface area contributed by atoms with Gasteiger partial charge in [-0.1, -0.05) is 0 Å². The topological polar surface area (TPSA) is 158 Å². The third-order valence-corrected chi connectivity index (χ3v) is 2.42. The number of benzene rings is 1. The fraction of sp³-hybridized carbons (Fsp3) is 0.100. The van der Waals surface area contributed by atoms with E-state index in [9.17, 15) is 18.9 Å². The number of aromatic amines is 1. The maximum atomic E-state index is 12.3. The molecule has 1 heterocycles. The average molecular weight is 313 g/mol. The fourth-order valence-electron chi connectivity index (χ4n) is 1.47. The van der Waals surface area contributed by atoms with Gasteiger partial charge >= 0.3 is 6.61 Å².